The van der Waals surface area contributed by atoms with Gasteiger partial charge in [-0.15, -0.1) is 12.4 Å². The number of hydrogen-bond acceptors (Lipinski definition) is 8. The number of amides is 2. The number of carbonyl (C=O) groups excluding carboxylic acids is 1. The van der Waals surface area contributed by atoms with Crippen molar-refractivity contribution in [2.45, 2.75) is 84.2 Å². The molecule has 0 saturated carbocycles. The molecule has 242 valence electrons. The Kier molecular flexibility index (Phi) is 12.5. The van der Waals surface area contributed by atoms with Crippen LogP contribution in [0.25, 0.3) is 0 Å². The molecule has 0 radical (unpaired) electrons. The number of piperidine rings is 2. The van der Waals surface area contributed by atoms with Crippen molar-refractivity contribution in [1.29, 1.82) is 0 Å². The molecular weight excluding hydrogens is 590 g/mol. The normalized spacial score (nSPS) is 18.3. The van der Waals surface area contributed by atoms with Gasteiger partial charge >= 0.3 is 6.03 Å². The summed E-state index contributed by atoms with van der Waals surface area (Å²) in [5, 5.41) is 14.7. The number of nitrogens with one attached hydrogen (secondary N) is 2. The number of hydrogen-bond donors (Lipinski definition) is 2. The molecule has 4 aromatic rings. The van der Waals surface area contributed by atoms with Gasteiger partial charge in [0.15, 0.2) is 11.6 Å². The van der Waals surface area contributed by atoms with Gasteiger partial charge in [-0.05, 0) is 55.2 Å². The van der Waals surface area contributed by atoms with Crippen LogP contribution in [0.15, 0.2) is 69.7 Å². The number of likely N-dealkylation sites (tertiary alicyclic amines) is 1. The topological polar surface area (TPSA) is 122 Å². The van der Waals surface area contributed by atoms with E-state index in [9.17, 15) is 4.79 Å². The maximum Gasteiger partial charge on any atom is 0.318 e. The molecule has 45 heavy (non-hydrogen) atoms. The molecule has 2 fully saturated rings. The van der Waals surface area contributed by atoms with Crippen LogP contribution in [-0.4, -0.2) is 50.8 Å². The Morgan fingerprint density at radius 2 is 1.42 bits per heavy atom. The molecule has 10 nitrogen and oxygen atoms in total. The molecule has 2 amide bonds. The molecule has 2 saturated heterocycles. The summed E-state index contributed by atoms with van der Waals surface area (Å²) in [5.41, 5.74) is 2.38. The minimum Gasteiger partial charge on any atom is -0.339 e. The maximum atomic E-state index is 12.7. The summed E-state index contributed by atoms with van der Waals surface area (Å²) in [6, 6.07) is 20.4. The van der Waals surface area contributed by atoms with Crippen LogP contribution in [0, 0.1) is 5.41 Å². The molecule has 2 aromatic heterocycles. The van der Waals surface area contributed by atoms with Crippen molar-refractivity contribution in [3.63, 3.8) is 0 Å². The van der Waals surface area contributed by atoms with E-state index in [-0.39, 0.29) is 35.9 Å². The van der Waals surface area contributed by atoms with E-state index >= 15 is 0 Å². The van der Waals surface area contributed by atoms with Gasteiger partial charge in [-0.1, -0.05) is 98.2 Å². The summed E-state index contributed by atoms with van der Waals surface area (Å²) in [4.78, 5) is 23.6. The predicted molar refractivity (Wildman–Crippen MR) is 175 cm³/mol. The quantitative estimate of drug-likeness (QED) is 0.226. The molecule has 2 N–H and O–H groups in total. The Hall–Kier alpha value is -3.76. The zero-order chi connectivity index (χ0) is 30.8. The van der Waals surface area contributed by atoms with Crippen molar-refractivity contribution in [3.8, 4) is 0 Å². The fourth-order valence-electron chi connectivity index (χ4n) is 5.46. The molecule has 0 spiro atoms. The van der Waals surface area contributed by atoms with Gasteiger partial charge in [0.2, 0.25) is 11.8 Å². The summed E-state index contributed by atoms with van der Waals surface area (Å²) in [5.74, 6) is 2.71. The van der Waals surface area contributed by atoms with E-state index in [0.717, 1.165) is 50.2 Å². The van der Waals surface area contributed by atoms with Gasteiger partial charge in [0.1, 0.15) is 0 Å². The highest BCUT2D eigenvalue weighted by atomic mass is 35.5. The molecule has 11 heteroatoms. The highest BCUT2D eigenvalue weighted by Crippen LogP contribution is 2.29. The van der Waals surface area contributed by atoms with Crippen molar-refractivity contribution >= 4 is 18.4 Å². The van der Waals surface area contributed by atoms with Crippen molar-refractivity contribution in [2.24, 2.45) is 5.41 Å². The first kappa shape index (κ1) is 34.1. The van der Waals surface area contributed by atoms with E-state index in [1.807, 2.05) is 53.4 Å². The third-order valence-corrected chi connectivity index (χ3v) is 7.82. The Bertz CT molecular complexity index is 1430. The maximum absolute atomic E-state index is 12.7. The number of rotatable bonds is 7. The third-order valence-electron chi connectivity index (χ3n) is 7.82. The van der Waals surface area contributed by atoms with Gasteiger partial charge < -0.3 is 24.6 Å². The van der Waals surface area contributed by atoms with E-state index in [1.165, 1.54) is 18.4 Å². The van der Waals surface area contributed by atoms with E-state index in [2.05, 4.69) is 63.8 Å². The zero-order valence-electron chi connectivity index (χ0n) is 26.6. The standard InChI is InChI=1S/C20H28N4O2.C14H17N3O.ClH/c1-20(2,3)14-21-19(25)24-12-8-7-11-16(24)18-22-17(26-23-18)13-15-9-5-4-6-10-15;1-2-6-11(7-3-1)10-13-16-14(17-18-13)12-8-4-5-9-15-12;/h4-6,9-10,16H,7-8,11-14H2,1-3H3,(H,21,25);1-3,6-7,12,15H,4-5,8-10H2;1H/t16-;12-;/m00./s1. The molecule has 0 bridgehead atoms. The number of nitrogens with zero attached hydrogens (tertiary/aromatic N) is 5. The molecule has 0 unspecified atom stereocenters. The van der Waals surface area contributed by atoms with Crippen LogP contribution in [0.2, 0.25) is 0 Å². The monoisotopic (exact) mass is 635 g/mol. The highest BCUT2D eigenvalue weighted by molar-refractivity contribution is 5.85. The SMILES string of the molecule is CC(C)(C)CNC(=O)N1CCCC[C@H]1c1noc(Cc2ccccc2)n1.Cl.c1ccc(Cc2nc([C@@H]3CCCCN3)no2)cc1. The average molecular weight is 636 g/mol. The molecule has 2 aliphatic heterocycles. The Labute approximate surface area is 272 Å². The second kappa shape index (κ2) is 16.5. The lowest BCUT2D eigenvalue weighted by Gasteiger charge is -2.34. The Morgan fingerprint density at radius 3 is 2.00 bits per heavy atom. The summed E-state index contributed by atoms with van der Waals surface area (Å²) in [6.07, 6.45) is 7.84. The van der Waals surface area contributed by atoms with Crippen LogP contribution < -0.4 is 10.6 Å². The van der Waals surface area contributed by atoms with Crippen LogP contribution in [0.4, 0.5) is 4.79 Å². The van der Waals surface area contributed by atoms with E-state index in [1.54, 1.807) is 0 Å². The number of benzene rings is 2. The lowest BCUT2D eigenvalue weighted by molar-refractivity contribution is 0.143. The second-order valence-electron chi connectivity index (χ2n) is 12.8. The van der Waals surface area contributed by atoms with Crippen LogP contribution in [0.5, 0.6) is 0 Å². The average Bonchev–Trinajstić information content (AvgIpc) is 3.71. The fraction of sp³-hybridized carbons (Fsp3) is 0.500. The minimum absolute atomic E-state index is 0. The van der Waals surface area contributed by atoms with Crippen molar-refractivity contribution in [1.82, 2.24) is 35.8 Å². The van der Waals surface area contributed by atoms with Crippen LogP contribution in [0.3, 0.4) is 0 Å². The van der Waals surface area contributed by atoms with Crippen LogP contribution in [0.1, 0.15) is 106 Å². The minimum atomic E-state index is -0.114. The lowest BCUT2D eigenvalue weighted by atomic mass is 9.97. The predicted octanol–water partition coefficient (Wildman–Crippen LogP) is 6.84. The third kappa shape index (κ3) is 10.4. The number of aromatic nitrogens is 4. The smallest absolute Gasteiger partial charge is 0.318 e. The Balaban J connectivity index is 0.000000213. The lowest BCUT2D eigenvalue weighted by Crippen LogP contribution is -2.46. The van der Waals surface area contributed by atoms with Gasteiger partial charge in [-0.2, -0.15) is 9.97 Å². The van der Waals surface area contributed by atoms with E-state index < -0.39 is 0 Å². The first-order valence-corrected chi connectivity index (χ1v) is 15.8. The van der Waals surface area contributed by atoms with Gasteiger partial charge in [0.05, 0.1) is 24.9 Å². The summed E-state index contributed by atoms with van der Waals surface area (Å²) >= 11 is 0. The number of carbonyl (C=O) groups is 1. The summed E-state index contributed by atoms with van der Waals surface area (Å²) < 4.78 is 10.8. The molecule has 6 rings (SSSR count). The van der Waals surface area contributed by atoms with Gasteiger partial charge in [0, 0.05) is 13.1 Å². The van der Waals surface area contributed by atoms with E-state index in [4.69, 9.17) is 9.05 Å². The number of halogens is 1. The molecule has 4 heterocycles. The fourth-order valence-corrected chi connectivity index (χ4v) is 5.46. The van der Waals surface area contributed by atoms with Crippen molar-refractivity contribution in [3.05, 3.63) is 95.2 Å². The summed E-state index contributed by atoms with van der Waals surface area (Å²) in [6.45, 7) is 8.74. The largest absolute Gasteiger partial charge is 0.339 e. The van der Waals surface area contributed by atoms with E-state index in [0.29, 0.717) is 37.0 Å². The highest BCUT2D eigenvalue weighted by Gasteiger charge is 2.32. The van der Waals surface area contributed by atoms with Crippen molar-refractivity contribution in [2.75, 3.05) is 19.6 Å². The second-order valence-corrected chi connectivity index (χ2v) is 12.8. The first-order chi connectivity index (χ1) is 21.3. The summed E-state index contributed by atoms with van der Waals surface area (Å²) in [7, 11) is 0. The number of urea groups is 1. The van der Waals surface area contributed by atoms with Crippen LogP contribution in [-0.2, 0) is 12.8 Å². The van der Waals surface area contributed by atoms with Gasteiger partial charge in [-0.25, -0.2) is 4.79 Å². The van der Waals surface area contributed by atoms with Crippen LogP contribution >= 0.6 is 12.4 Å². The molecular formula is C34H46ClN7O3. The van der Waals surface area contributed by atoms with Crippen molar-refractivity contribution < 1.29 is 13.8 Å². The molecule has 2 atom stereocenters. The zero-order valence-corrected chi connectivity index (χ0v) is 27.4. The molecule has 2 aromatic carbocycles. The molecule has 0 aliphatic carbocycles. The van der Waals surface area contributed by atoms with Gasteiger partial charge in [0.25, 0.3) is 0 Å². The first-order valence-electron chi connectivity index (χ1n) is 15.8. The molecule has 2 aliphatic rings. The Morgan fingerprint density at radius 1 is 0.844 bits per heavy atom. The van der Waals surface area contributed by atoms with Gasteiger partial charge in [-0.3, -0.25) is 0 Å².